The van der Waals surface area contributed by atoms with Gasteiger partial charge in [0.25, 0.3) is 0 Å². The Balaban J connectivity index is 1.25. The zero-order valence-corrected chi connectivity index (χ0v) is 20.9. The first-order chi connectivity index (χ1) is 16.3. The molecule has 0 atom stereocenters. The van der Waals surface area contributed by atoms with Crippen molar-refractivity contribution in [2.45, 2.75) is 56.8 Å². The van der Waals surface area contributed by atoms with Gasteiger partial charge in [-0.1, -0.05) is 29.8 Å². The second-order valence-corrected chi connectivity index (χ2v) is 12.3. The van der Waals surface area contributed by atoms with Crippen molar-refractivity contribution in [3.63, 3.8) is 0 Å². The lowest BCUT2D eigenvalue weighted by atomic mass is 9.85. The number of aromatic nitrogens is 2. The van der Waals surface area contributed by atoms with Crippen molar-refractivity contribution in [2.75, 3.05) is 18.4 Å². The molecule has 8 nitrogen and oxygen atoms in total. The topological polar surface area (TPSA) is 105 Å². The Bertz CT molecular complexity index is 1300. The van der Waals surface area contributed by atoms with Crippen LogP contribution in [0.2, 0.25) is 0 Å². The maximum absolute atomic E-state index is 13.4. The zero-order chi connectivity index (χ0) is 23.9. The normalized spacial score (nSPS) is 18.1. The van der Waals surface area contributed by atoms with E-state index in [9.17, 15) is 13.2 Å². The van der Waals surface area contributed by atoms with Crippen LogP contribution in [-0.4, -0.2) is 41.9 Å². The summed E-state index contributed by atoms with van der Waals surface area (Å²) in [6, 6.07) is 9.30. The number of nitrogens with one attached hydrogen (secondary N) is 1. The summed E-state index contributed by atoms with van der Waals surface area (Å²) in [5.41, 5.74) is 1.80. The highest BCUT2D eigenvalue weighted by Crippen LogP contribution is 2.38. The Morgan fingerprint density at radius 3 is 2.56 bits per heavy atom. The number of carbonyl (C=O) groups is 1. The van der Waals surface area contributed by atoms with Crippen LogP contribution in [0.15, 0.2) is 39.8 Å². The predicted octanol–water partition coefficient (Wildman–Crippen LogP) is 4.72. The number of anilines is 1. The highest BCUT2D eigenvalue weighted by atomic mass is 32.2. The minimum atomic E-state index is -3.67. The van der Waals surface area contributed by atoms with E-state index in [4.69, 9.17) is 4.52 Å². The Morgan fingerprint density at radius 2 is 1.88 bits per heavy atom. The average Bonchev–Trinajstić information content (AvgIpc) is 3.41. The number of amides is 1. The lowest BCUT2D eigenvalue weighted by Crippen LogP contribution is -2.41. The van der Waals surface area contributed by atoms with Gasteiger partial charge in [-0.25, -0.2) is 8.42 Å². The molecule has 0 bridgehead atoms. The number of hydrogen-bond acceptors (Lipinski definition) is 7. The van der Waals surface area contributed by atoms with Gasteiger partial charge >= 0.3 is 0 Å². The number of nitrogens with zero attached hydrogens (tertiary/aromatic N) is 3. The van der Waals surface area contributed by atoms with Crippen LogP contribution in [0.4, 0.5) is 5.69 Å². The van der Waals surface area contributed by atoms with E-state index in [-0.39, 0.29) is 16.7 Å². The fraction of sp³-hybridized carbons (Fsp3) is 0.458. The first kappa shape index (κ1) is 23.2. The van der Waals surface area contributed by atoms with Crippen molar-refractivity contribution in [2.24, 2.45) is 5.92 Å². The maximum atomic E-state index is 13.4. The third kappa shape index (κ3) is 4.42. The Labute approximate surface area is 203 Å². The molecule has 1 N–H and O–H groups in total. The first-order valence-electron chi connectivity index (χ1n) is 11.6. The van der Waals surface area contributed by atoms with Crippen LogP contribution in [0.3, 0.4) is 0 Å². The van der Waals surface area contributed by atoms with Gasteiger partial charge in [0.1, 0.15) is 0 Å². The predicted molar refractivity (Wildman–Crippen MR) is 130 cm³/mol. The smallest absolute Gasteiger partial charge is 0.244 e. The highest BCUT2D eigenvalue weighted by molar-refractivity contribution is 7.89. The summed E-state index contributed by atoms with van der Waals surface area (Å²) in [5, 5.41) is 7.07. The van der Waals surface area contributed by atoms with E-state index < -0.39 is 10.0 Å². The summed E-state index contributed by atoms with van der Waals surface area (Å²) in [7, 11) is -3.67. The molecule has 1 aliphatic carbocycles. The van der Waals surface area contributed by atoms with E-state index in [1.54, 1.807) is 13.0 Å². The summed E-state index contributed by atoms with van der Waals surface area (Å²) in [6.07, 6.45) is 4.27. The van der Waals surface area contributed by atoms with E-state index in [1.165, 1.54) is 22.1 Å². The number of aryl methyl sites for hydroxylation is 2. The Hall–Kier alpha value is -2.56. The number of hydrogen-bond donors (Lipinski definition) is 1. The molecule has 2 aromatic heterocycles. The van der Waals surface area contributed by atoms with Gasteiger partial charge in [-0.3, -0.25) is 4.79 Å². The second-order valence-electron chi connectivity index (χ2n) is 9.10. The lowest BCUT2D eigenvalue weighted by molar-refractivity contribution is -0.120. The van der Waals surface area contributed by atoms with E-state index in [0.717, 1.165) is 24.1 Å². The number of sulfonamides is 1. The van der Waals surface area contributed by atoms with E-state index >= 15 is 0 Å². The molecule has 3 aromatic rings. The molecule has 1 amide bonds. The van der Waals surface area contributed by atoms with Crippen LogP contribution in [-0.2, 0) is 14.8 Å². The first-order valence-corrected chi connectivity index (χ1v) is 13.9. The van der Waals surface area contributed by atoms with E-state index in [2.05, 4.69) is 15.5 Å². The maximum Gasteiger partial charge on any atom is 0.244 e. The van der Waals surface area contributed by atoms with Crippen LogP contribution in [0.1, 0.15) is 54.4 Å². The van der Waals surface area contributed by atoms with Gasteiger partial charge in [-0.2, -0.15) is 9.29 Å². The molecule has 0 unspecified atom stereocenters. The minimum Gasteiger partial charge on any atom is -0.339 e. The number of carbonyl (C=O) groups excluding carboxylic acids is 1. The fourth-order valence-corrected chi connectivity index (χ4v) is 7.39. The largest absolute Gasteiger partial charge is 0.339 e. The van der Waals surface area contributed by atoms with Gasteiger partial charge in [-0.15, -0.1) is 11.3 Å². The van der Waals surface area contributed by atoms with Gasteiger partial charge in [0.05, 0.1) is 9.77 Å². The Kier molecular flexibility index (Phi) is 6.30. The molecular formula is C24H28N4O4S2. The molecular weight excluding hydrogens is 472 g/mol. The third-order valence-corrected chi connectivity index (χ3v) is 10.0. The van der Waals surface area contributed by atoms with Crippen molar-refractivity contribution in [1.29, 1.82) is 0 Å². The molecule has 1 saturated heterocycles. The van der Waals surface area contributed by atoms with Crippen LogP contribution in [0.5, 0.6) is 0 Å². The molecule has 5 rings (SSSR count). The van der Waals surface area contributed by atoms with Gasteiger partial charge in [-0.05, 0) is 57.2 Å². The van der Waals surface area contributed by atoms with Crippen LogP contribution in [0, 0.1) is 19.8 Å². The third-order valence-electron chi connectivity index (χ3n) is 6.83. The summed E-state index contributed by atoms with van der Waals surface area (Å²) in [5.74, 6) is 1.15. The lowest BCUT2D eigenvalue weighted by Gasteiger charge is -2.30. The molecule has 2 aliphatic rings. The van der Waals surface area contributed by atoms with Crippen LogP contribution in [0.25, 0.3) is 10.7 Å². The molecule has 34 heavy (non-hydrogen) atoms. The molecule has 1 aliphatic heterocycles. The molecule has 180 valence electrons. The van der Waals surface area contributed by atoms with Crippen LogP contribution < -0.4 is 5.32 Å². The molecule has 2 fully saturated rings. The number of para-hydroxylation sites is 1. The van der Waals surface area contributed by atoms with Crippen molar-refractivity contribution in [1.82, 2.24) is 14.4 Å². The fourth-order valence-electron chi connectivity index (χ4n) is 4.43. The van der Waals surface area contributed by atoms with Gasteiger partial charge in [0.15, 0.2) is 0 Å². The van der Waals surface area contributed by atoms with E-state index in [0.29, 0.717) is 53.3 Å². The summed E-state index contributed by atoms with van der Waals surface area (Å²) < 4.78 is 33.7. The second kappa shape index (κ2) is 9.24. The average molecular weight is 501 g/mol. The van der Waals surface area contributed by atoms with Crippen LogP contribution >= 0.6 is 11.3 Å². The number of thiophene rings is 1. The molecule has 10 heteroatoms. The number of rotatable bonds is 6. The van der Waals surface area contributed by atoms with Crippen molar-refractivity contribution in [3.05, 3.63) is 46.7 Å². The quantitative estimate of drug-likeness (QED) is 0.525. The van der Waals surface area contributed by atoms with Crippen molar-refractivity contribution in [3.8, 4) is 10.7 Å². The summed E-state index contributed by atoms with van der Waals surface area (Å²) in [6.45, 7) is 4.38. The number of piperidine rings is 1. The standard InChI is InChI=1S/C24H28N4O4S2/c1-15-6-3-4-9-19(15)25-23(29)17-10-12-28(13-11-17)34(30,31)21-14-20(33-16(21)2)22-26-24(32-27-22)18-7-5-8-18/h3-4,6,9,14,17-18H,5,7-8,10-13H2,1-2H3,(H,25,29). The van der Waals surface area contributed by atoms with Gasteiger partial charge < -0.3 is 9.84 Å². The molecule has 0 spiro atoms. The summed E-state index contributed by atoms with van der Waals surface area (Å²) in [4.78, 5) is 18.9. The van der Waals surface area contributed by atoms with Gasteiger partial charge in [0.2, 0.25) is 27.6 Å². The molecule has 0 radical (unpaired) electrons. The molecule has 1 aromatic carbocycles. The van der Waals surface area contributed by atoms with Crippen molar-refractivity contribution < 1.29 is 17.7 Å². The van der Waals surface area contributed by atoms with Crippen molar-refractivity contribution >= 4 is 33.0 Å². The molecule has 1 saturated carbocycles. The Morgan fingerprint density at radius 1 is 1.15 bits per heavy atom. The minimum absolute atomic E-state index is 0.0558. The highest BCUT2D eigenvalue weighted by Gasteiger charge is 2.34. The number of benzene rings is 1. The summed E-state index contributed by atoms with van der Waals surface area (Å²) >= 11 is 1.36. The molecule has 3 heterocycles. The van der Waals surface area contributed by atoms with E-state index in [1.807, 2.05) is 31.2 Å². The monoisotopic (exact) mass is 500 g/mol. The zero-order valence-electron chi connectivity index (χ0n) is 19.3. The SMILES string of the molecule is Cc1ccccc1NC(=O)C1CCN(S(=O)(=O)c2cc(-c3noc(C4CCC4)n3)sc2C)CC1. The van der Waals surface area contributed by atoms with Gasteiger partial charge in [0, 0.05) is 35.5 Å².